The molecule has 3 unspecified atom stereocenters. The Labute approximate surface area is 139 Å². The Morgan fingerprint density at radius 1 is 1.21 bits per heavy atom. The number of ether oxygens (including phenoxy) is 2. The van der Waals surface area contributed by atoms with Crippen molar-refractivity contribution >= 4 is 17.0 Å². The summed E-state index contributed by atoms with van der Waals surface area (Å²) in [4.78, 5) is 14.7. The number of nitrogens with one attached hydrogen (secondary N) is 1. The normalized spacial score (nSPS) is 27.1. The molecule has 0 radical (unpaired) electrons. The summed E-state index contributed by atoms with van der Waals surface area (Å²) < 4.78 is 12.3. The fourth-order valence-corrected chi connectivity index (χ4v) is 3.45. The minimum atomic E-state index is -0.710. The summed E-state index contributed by atoms with van der Waals surface area (Å²) in [6.45, 7) is 7.84. The molecule has 0 amide bonds. The monoisotopic (exact) mass is 327 g/mol. The molecule has 5 heteroatoms. The highest BCUT2D eigenvalue weighted by molar-refractivity contribution is 5.96. The zero-order valence-corrected chi connectivity index (χ0v) is 14.2. The van der Waals surface area contributed by atoms with Gasteiger partial charge in [0.05, 0.1) is 17.2 Å². The molecule has 0 saturated heterocycles. The topological polar surface area (TPSA) is 71.6 Å². The Morgan fingerprint density at radius 3 is 2.71 bits per heavy atom. The van der Waals surface area contributed by atoms with Gasteiger partial charge in [0.2, 0.25) is 5.56 Å². The lowest BCUT2D eigenvalue weighted by Crippen LogP contribution is -2.34. The van der Waals surface area contributed by atoms with E-state index < -0.39 is 11.7 Å². The van der Waals surface area contributed by atoms with Gasteiger partial charge >= 0.3 is 0 Å². The summed E-state index contributed by atoms with van der Waals surface area (Å²) in [5, 5.41) is 11.6. The first kappa shape index (κ1) is 15.3. The van der Waals surface area contributed by atoms with Crippen molar-refractivity contribution in [2.45, 2.75) is 45.5 Å². The summed E-state index contributed by atoms with van der Waals surface area (Å²) in [6, 6.07) is 3.23. The van der Waals surface area contributed by atoms with Crippen LogP contribution < -0.4 is 15.0 Å². The van der Waals surface area contributed by atoms with Crippen LogP contribution in [0.1, 0.15) is 44.9 Å². The second-order valence-electron chi connectivity index (χ2n) is 7.26. The molecule has 2 aliphatic rings. The standard InChI is InChI=1S/C19H21NO4/c1-9-10(2)23-18-12-7-8-19(3,4)24-17(12)11-5-6-13(21)20-15(11)14(18)16(9)22/h5-10,16,22H,1-4H3,(H,20,21). The largest absolute Gasteiger partial charge is 0.489 e. The van der Waals surface area contributed by atoms with E-state index in [2.05, 4.69) is 4.98 Å². The fraction of sp³-hybridized carbons (Fsp3) is 0.421. The number of H-pyrrole nitrogens is 1. The van der Waals surface area contributed by atoms with Crippen molar-refractivity contribution in [3.05, 3.63) is 39.7 Å². The quantitative estimate of drug-likeness (QED) is 0.780. The van der Waals surface area contributed by atoms with Crippen LogP contribution in [-0.4, -0.2) is 21.8 Å². The number of hydrogen-bond acceptors (Lipinski definition) is 4. The number of benzene rings is 1. The van der Waals surface area contributed by atoms with Crippen molar-refractivity contribution in [3.8, 4) is 11.5 Å². The molecule has 4 rings (SSSR count). The molecule has 0 spiro atoms. The molecule has 126 valence electrons. The molecule has 3 heterocycles. The first-order valence-electron chi connectivity index (χ1n) is 8.24. The molecule has 24 heavy (non-hydrogen) atoms. The molecular formula is C19H21NO4. The van der Waals surface area contributed by atoms with Crippen molar-refractivity contribution in [2.75, 3.05) is 0 Å². The van der Waals surface area contributed by atoms with E-state index in [-0.39, 0.29) is 17.6 Å². The minimum Gasteiger partial charge on any atom is -0.489 e. The zero-order valence-electron chi connectivity index (χ0n) is 14.2. The van der Waals surface area contributed by atoms with Crippen molar-refractivity contribution in [1.29, 1.82) is 0 Å². The van der Waals surface area contributed by atoms with Gasteiger partial charge in [0.15, 0.2) is 0 Å². The third-order valence-electron chi connectivity index (χ3n) is 5.02. The molecule has 1 aromatic heterocycles. The van der Waals surface area contributed by atoms with E-state index in [1.54, 1.807) is 6.07 Å². The number of rotatable bonds is 0. The summed E-state index contributed by atoms with van der Waals surface area (Å²) in [5.41, 5.74) is 1.39. The Bertz CT molecular complexity index is 925. The number of aromatic nitrogens is 1. The predicted octanol–water partition coefficient (Wildman–Crippen LogP) is 3.16. The van der Waals surface area contributed by atoms with E-state index >= 15 is 0 Å². The number of pyridine rings is 1. The van der Waals surface area contributed by atoms with Gasteiger partial charge in [0, 0.05) is 22.9 Å². The zero-order chi connectivity index (χ0) is 17.2. The average molecular weight is 327 g/mol. The van der Waals surface area contributed by atoms with Crippen LogP contribution in [-0.2, 0) is 0 Å². The van der Waals surface area contributed by atoms with E-state index in [9.17, 15) is 9.90 Å². The first-order valence-corrected chi connectivity index (χ1v) is 8.24. The van der Waals surface area contributed by atoms with Crippen LogP contribution in [0.15, 0.2) is 23.0 Å². The van der Waals surface area contributed by atoms with E-state index in [0.717, 1.165) is 10.9 Å². The number of aliphatic hydroxyl groups is 1. The molecule has 2 N–H and O–H groups in total. The van der Waals surface area contributed by atoms with Crippen molar-refractivity contribution in [3.63, 3.8) is 0 Å². The van der Waals surface area contributed by atoms with Crippen LogP contribution in [0.5, 0.6) is 11.5 Å². The highest BCUT2D eigenvalue weighted by Gasteiger charge is 2.38. The van der Waals surface area contributed by atoms with Gasteiger partial charge in [-0.2, -0.15) is 0 Å². The molecular weight excluding hydrogens is 306 g/mol. The van der Waals surface area contributed by atoms with Crippen LogP contribution in [0, 0.1) is 5.92 Å². The molecule has 0 saturated carbocycles. The number of fused-ring (bicyclic) bond motifs is 6. The predicted molar refractivity (Wildman–Crippen MR) is 92.5 cm³/mol. The molecule has 5 nitrogen and oxygen atoms in total. The average Bonchev–Trinajstić information content (AvgIpc) is 2.51. The highest BCUT2D eigenvalue weighted by Crippen LogP contribution is 2.50. The van der Waals surface area contributed by atoms with Gasteiger partial charge in [-0.15, -0.1) is 0 Å². The summed E-state index contributed by atoms with van der Waals surface area (Å²) in [7, 11) is 0. The van der Waals surface area contributed by atoms with E-state index in [4.69, 9.17) is 9.47 Å². The number of aromatic amines is 1. The Balaban J connectivity index is 2.13. The van der Waals surface area contributed by atoms with Crippen LogP contribution >= 0.6 is 0 Å². The van der Waals surface area contributed by atoms with Crippen molar-refractivity contribution in [1.82, 2.24) is 4.98 Å². The maximum atomic E-state index is 11.9. The smallest absolute Gasteiger partial charge is 0.248 e. The lowest BCUT2D eigenvalue weighted by Gasteiger charge is -2.37. The second-order valence-corrected chi connectivity index (χ2v) is 7.26. The Hall–Kier alpha value is -2.27. The molecule has 2 aliphatic heterocycles. The number of hydrogen-bond donors (Lipinski definition) is 2. The van der Waals surface area contributed by atoms with Gasteiger partial charge in [-0.3, -0.25) is 4.79 Å². The Kier molecular flexibility index (Phi) is 3.09. The van der Waals surface area contributed by atoms with Gasteiger partial charge in [-0.05, 0) is 39.0 Å². The Morgan fingerprint density at radius 2 is 1.96 bits per heavy atom. The third-order valence-corrected chi connectivity index (χ3v) is 5.02. The van der Waals surface area contributed by atoms with Crippen molar-refractivity contribution < 1.29 is 14.6 Å². The van der Waals surface area contributed by atoms with Crippen LogP contribution in [0.4, 0.5) is 0 Å². The summed E-state index contributed by atoms with van der Waals surface area (Å²) in [6.07, 6.45) is 3.12. The SMILES string of the molecule is CC1Oc2c3c(c4ccc(=O)[nH]c4c2C(O)C1C)OC(C)(C)C=C3. The van der Waals surface area contributed by atoms with Gasteiger partial charge in [-0.25, -0.2) is 0 Å². The molecule has 0 aliphatic carbocycles. The third kappa shape index (κ3) is 2.08. The molecule has 1 aromatic carbocycles. The van der Waals surface area contributed by atoms with Gasteiger partial charge in [-0.1, -0.05) is 6.92 Å². The molecule has 2 aromatic rings. The summed E-state index contributed by atoms with van der Waals surface area (Å²) in [5.74, 6) is 1.21. The second kappa shape index (κ2) is 4.86. The molecule has 0 bridgehead atoms. The van der Waals surface area contributed by atoms with E-state index in [1.807, 2.05) is 39.8 Å². The van der Waals surface area contributed by atoms with E-state index in [1.165, 1.54) is 6.07 Å². The molecule has 3 atom stereocenters. The van der Waals surface area contributed by atoms with Crippen LogP contribution in [0.3, 0.4) is 0 Å². The minimum absolute atomic E-state index is 0.0765. The fourth-order valence-electron chi connectivity index (χ4n) is 3.45. The van der Waals surface area contributed by atoms with Crippen LogP contribution in [0.25, 0.3) is 17.0 Å². The lowest BCUT2D eigenvalue weighted by atomic mass is 9.85. The molecule has 0 fully saturated rings. The van der Waals surface area contributed by atoms with E-state index in [0.29, 0.717) is 22.6 Å². The highest BCUT2D eigenvalue weighted by atomic mass is 16.5. The maximum absolute atomic E-state index is 11.9. The summed E-state index contributed by atoms with van der Waals surface area (Å²) >= 11 is 0. The van der Waals surface area contributed by atoms with Gasteiger partial charge in [0.25, 0.3) is 0 Å². The first-order chi connectivity index (χ1) is 11.3. The van der Waals surface area contributed by atoms with Gasteiger partial charge < -0.3 is 19.6 Å². The van der Waals surface area contributed by atoms with Crippen LogP contribution in [0.2, 0.25) is 0 Å². The maximum Gasteiger partial charge on any atom is 0.248 e. The van der Waals surface area contributed by atoms with Crippen molar-refractivity contribution in [2.24, 2.45) is 5.92 Å². The lowest BCUT2D eigenvalue weighted by molar-refractivity contribution is 0.0180. The van der Waals surface area contributed by atoms with Gasteiger partial charge in [0.1, 0.15) is 23.2 Å². The number of aliphatic hydroxyl groups excluding tert-OH is 1.